The highest BCUT2D eigenvalue weighted by atomic mass is 79.9. The number of hydrogen-bond donors (Lipinski definition) is 3. The minimum Gasteiger partial charge on any atom is -0.506 e. The molecule has 0 saturated carbocycles. The Balaban J connectivity index is 1.70. The van der Waals surface area contributed by atoms with Crippen LogP contribution < -0.4 is 15.6 Å². The number of nitrogens with zero attached hydrogens (tertiary/aromatic N) is 4. The zero-order valence-electron chi connectivity index (χ0n) is 12.7. The third kappa shape index (κ3) is 4.14. The number of aromatic nitrogens is 2. The van der Waals surface area contributed by atoms with Crippen LogP contribution in [0.2, 0.25) is 5.02 Å². The summed E-state index contributed by atoms with van der Waals surface area (Å²) in [4.78, 5) is 10.8. The lowest BCUT2D eigenvalue weighted by atomic mass is 10.2. The quantitative estimate of drug-likeness (QED) is 0.529. The van der Waals surface area contributed by atoms with Crippen LogP contribution in [0, 0.1) is 0 Å². The standard InChI is InChI=1S/C15H16BrClN6O/c16-11-7-10(14(24)12(17)8-11)9-20-22-15-19-2-1-13(21-15)23-5-3-18-4-6-23/h1-2,7-9,18,24H,3-6H2,(H,19,21,22)/b20-9+. The Morgan fingerprint density at radius 1 is 1.38 bits per heavy atom. The molecule has 1 aliphatic rings. The van der Waals surface area contributed by atoms with E-state index >= 15 is 0 Å². The van der Waals surface area contributed by atoms with E-state index in [0.29, 0.717) is 11.5 Å². The first-order valence-electron chi connectivity index (χ1n) is 7.39. The SMILES string of the molecule is Oc1c(Cl)cc(Br)cc1/C=N/Nc1nccc(N2CCNCC2)n1. The van der Waals surface area contributed by atoms with E-state index < -0.39 is 0 Å². The van der Waals surface area contributed by atoms with E-state index in [1.165, 1.54) is 6.21 Å². The van der Waals surface area contributed by atoms with Crippen molar-refractivity contribution < 1.29 is 5.11 Å². The molecule has 7 nitrogen and oxygen atoms in total. The Labute approximate surface area is 152 Å². The maximum atomic E-state index is 9.92. The lowest BCUT2D eigenvalue weighted by Gasteiger charge is -2.28. The van der Waals surface area contributed by atoms with Gasteiger partial charge in [-0.25, -0.2) is 10.4 Å². The van der Waals surface area contributed by atoms with Crippen molar-refractivity contribution in [1.29, 1.82) is 0 Å². The Morgan fingerprint density at radius 2 is 2.17 bits per heavy atom. The van der Waals surface area contributed by atoms with Gasteiger partial charge in [0, 0.05) is 42.4 Å². The molecule has 1 fully saturated rings. The molecule has 3 rings (SSSR count). The number of piperazine rings is 1. The monoisotopic (exact) mass is 410 g/mol. The van der Waals surface area contributed by atoms with Gasteiger partial charge in [0.2, 0.25) is 5.95 Å². The van der Waals surface area contributed by atoms with Crippen LogP contribution in [-0.2, 0) is 0 Å². The second-order valence-electron chi connectivity index (χ2n) is 5.17. The van der Waals surface area contributed by atoms with Crippen LogP contribution in [0.25, 0.3) is 0 Å². The van der Waals surface area contributed by atoms with Crippen molar-refractivity contribution in [1.82, 2.24) is 15.3 Å². The van der Waals surface area contributed by atoms with Gasteiger partial charge in [-0.1, -0.05) is 27.5 Å². The first-order valence-corrected chi connectivity index (χ1v) is 8.56. The maximum Gasteiger partial charge on any atom is 0.245 e. The van der Waals surface area contributed by atoms with E-state index in [1.807, 2.05) is 6.07 Å². The van der Waals surface area contributed by atoms with Crippen molar-refractivity contribution in [2.75, 3.05) is 36.5 Å². The van der Waals surface area contributed by atoms with Gasteiger partial charge in [-0.2, -0.15) is 10.1 Å². The number of anilines is 2. The molecule has 0 spiro atoms. The maximum absolute atomic E-state index is 9.92. The predicted octanol–water partition coefficient (Wildman–Crippen LogP) is 2.45. The highest BCUT2D eigenvalue weighted by molar-refractivity contribution is 9.10. The van der Waals surface area contributed by atoms with Crippen molar-refractivity contribution in [2.45, 2.75) is 0 Å². The molecule has 0 unspecified atom stereocenters. The third-order valence-corrected chi connectivity index (χ3v) is 4.25. The van der Waals surface area contributed by atoms with Crippen LogP contribution in [0.3, 0.4) is 0 Å². The molecule has 0 bridgehead atoms. The van der Waals surface area contributed by atoms with Gasteiger partial charge in [0.25, 0.3) is 0 Å². The Hall–Kier alpha value is -1.90. The van der Waals surface area contributed by atoms with Crippen molar-refractivity contribution in [3.63, 3.8) is 0 Å². The van der Waals surface area contributed by atoms with E-state index in [4.69, 9.17) is 11.6 Å². The first-order chi connectivity index (χ1) is 11.6. The molecule has 3 N–H and O–H groups in total. The summed E-state index contributed by atoms with van der Waals surface area (Å²) in [6.45, 7) is 3.69. The molecule has 0 aliphatic carbocycles. The van der Waals surface area contributed by atoms with Crippen LogP contribution in [0.15, 0.2) is 34.0 Å². The number of phenols is 1. The molecular weight excluding hydrogens is 396 g/mol. The van der Waals surface area contributed by atoms with Gasteiger partial charge in [0.15, 0.2) is 0 Å². The molecule has 1 aromatic heterocycles. The van der Waals surface area contributed by atoms with Crippen LogP contribution in [0.5, 0.6) is 5.75 Å². The van der Waals surface area contributed by atoms with Gasteiger partial charge in [-0.15, -0.1) is 0 Å². The highest BCUT2D eigenvalue weighted by Crippen LogP contribution is 2.30. The number of aromatic hydroxyl groups is 1. The van der Waals surface area contributed by atoms with Gasteiger partial charge in [0.1, 0.15) is 11.6 Å². The number of hydrazone groups is 1. The smallest absolute Gasteiger partial charge is 0.245 e. The van der Waals surface area contributed by atoms with Gasteiger partial charge >= 0.3 is 0 Å². The van der Waals surface area contributed by atoms with E-state index in [-0.39, 0.29) is 10.8 Å². The van der Waals surface area contributed by atoms with Crippen molar-refractivity contribution >= 4 is 45.5 Å². The Bertz CT molecular complexity index is 751. The molecule has 0 atom stereocenters. The molecule has 9 heteroatoms. The molecule has 24 heavy (non-hydrogen) atoms. The average molecular weight is 412 g/mol. The first kappa shape index (κ1) is 16.9. The van der Waals surface area contributed by atoms with Crippen LogP contribution in [0.1, 0.15) is 5.56 Å². The van der Waals surface area contributed by atoms with E-state index in [2.05, 4.69) is 46.6 Å². The van der Waals surface area contributed by atoms with Gasteiger partial charge in [-0.3, -0.25) is 0 Å². The molecule has 0 radical (unpaired) electrons. The lowest BCUT2D eigenvalue weighted by molar-refractivity contribution is 0.474. The fourth-order valence-electron chi connectivity index (χ4n) is 2.32. The fourth-order valence-corrected chi connectivity index (χ4v) is 3.15. The number of benzene rings is 1. The molecule has 2 heterocycles. The van der Waals surface area contributed by atoms with E-state index in [1.54, 1.807) is 18.3 Å². The number of nitrogens with one attached hydrogen (secondary N) is 2. The second-order valence-corrected chi connectivity index (χ2v) is 6.49. The molecule has 0 amide bonds. The summed E-state index contributed by atoms with van der Waals surface area (Å²) in [5, 5.41) is 17.5. The zero-order chi connectivity index (χ0) is 16.9. The summed E-state index contributed by atoms with van der Waals surface area (Å²) in [5.41, 5.74) is 3.26. The Kier molecular flexibility index (Phi) is 5.49. The molecule has 1 saturated heterocycles. The highest BCUT2D eigenvalue weighted by Gasteiger charge is 2.12. The second kappa shape index (κ2) is 7.78. The predicted molar refractivity (Wildman–Crippen MR) is 99.1 cm³/mol. The van der Waals surface area contributed by atoms with Crippen molar-refractivity contribution in [2.24, 2.45) is 5.10 Å². The minimum atomic E-state index is -0.0269. The van der Waals surface area contributed by atoms with Crippen LogP contribution >= 0.6 is 27.5 Å². The summed E-state index contributed by atoms with van der Waals surface area (Å²) in [6, 6.07) is 5.20. The molecule has 1 aromatic carbocycles. The third-order valence-electron chi connectivity index (χ3n) is 3.51. The molecule has 126 valence electrons. The topological polar surface area (TPSA) is 85.7 Å². The van der Waals surface area contributed by atoms with E-state index in [9.17, 15) is 5.11 Å². The summed E-state index contributed by atoms with van der Waals surface area (Å²) >= 11 is 9.25. The van der Waals surface area contributed by atoms with Gasteiger partial charge in [0.05, 0.1) is 11.2 Å². The Morgan fingerprint density at radius 3 is 2.96 bits per heavy atom. The summed E-state index contributed by atoms with van der Waals surface area (Å²) in [7, 11) is 0. The molecular formula is C15H16BrClN6O. The normalized spacial score (nSPS) is 15.0. The van der Waals surface area contributed by atoms with Crippen molar-refractivity contribution in [3.8, 4) is 5.75 Å². The zero-order valence-corrected chi connectivity index (χ0v) is 15.0. The van der Waals surface area contributed by atoms with Crippen molar-refractivity contribution in [3.05, 3.63) is 39.5 Å². The number of hydrogen-bond acceptors (Lipinski definition) is 7. The summed E-state index contributed by atoms with van der Waals surface area (Å²) in [5.74, 6) is 1.22. The largest absolute Gasteiger partial charge is 0.506 e. The molecule has 1 aliphatic heterocycles. The minimum absolute atomic E-state index is 0.0269. The fraction of sp³-hybridized carbons (Fsp3) is 0.267. The van der Waals surface area contributed by atoms with Crippen LogP contribution in [-0.4, -0.2) is 47.5 Å². The van der Waals surface area contributed by atoms with Gasteiger partial charge < -0.3 is 15.3 Å². The lowest BCUT2D eigenvalue weighted by Crippen LogP contribution is -2.43. The van der Waals surface area contributed by atoms with Gasteiger partial charge in [-0.05, 0) is 18.2 Å². The number of rotatable bonds is 4. The summed E-state index contributed by atoms with van der Waals surface area (Å²) < 4.78 is 0.753. The number of phenolic OH excluding ortho intramolecular Hbond substituents is 1. The number of halogens is 2. The van der Waals surface area contributed by atoms with Crippen LogP contribution in [0.4, 0.5) is 11.8 Å². The van der Waals surface area contributed by atoms with E-state index in [0.717, 1.165) is 36.5 Å². The summed E-state index contributed by atoms with van der Waals surface area (Å²) in [6.07, 6.45) is 3.16. The molecule has 2 aromatic rings. The average Bonchev–Trinajstić information content (AvgIpc) is 2.60.